The number of halogens is 2. The van der Waals surface area contributed by atoms with Crippen LogP contribution in [0.2, 0.25) is 13.1 Å². The summed E-state index contributed by atoms with van der Waals surface area (Å²) in [6.07, 6.45) is 10.0. The fourth-order valence-corrected chi connectivity index (χ4v) is 24.5. The maximum absolute atomic E-state index is 2.58. The number of hydrogen-bond acceptors (Lipinski definition) is 0. The number of hydrogen-bond donors (Lipinski definition) is 0. The van der Waals surface area contributed by atoms with Crippen molar-refractivity contribution in [3.63, 3.8) is 0 Å². The van der Waals surface area contributed by atoms with Crippen LogP contribution in [0.4, 0.5) is 0 Å². The molecular formula is C32H30Cl2SiZr. The largest absolute Gasteiger partial charge is 0.147 e. The Bertz CT molecular complexity index is 1360. The minimum Gasteiger partial charge on any atom is -0.147 e. The molecule has 0 fully saturated rings. The predicted molar refractivity (Wildman–Crippen MR) is 159 cm³/mol. The zero-order valence-electron chi connectivity index (χ0n) is 20.5. The van der Waals surface area contributed by atoms with Gasteiger partial charge in [-0.15, -0.1) is 24.8 Å². The van der Waals surface area contributed by atoms with Gasteiger partial charge in [0.05, 0.1) is 0 Å². The number of benzene rings is 4. The molecule has 0 aromatic heterocycles. The van der Waals surface area contributed by atoms with Crippen molar-refractivity contribution in [3.8, 4) is 22.3 Å². The summed E-state index contributed by atoms with van der Waals surface area (Å²) in [6.45, 7) is 5.17. The molecule has 36 heavy (non-hydrogen) atoms. The van der Waals surface area contributed by atoms with Crippen molar-refractivity contribution in [1.82, 2.24) is 0 Å². The minimum absolute atomic E-state index is 0. The summed E-state index contributed by atoms with van der Waals surface area (Å²) in [5.74, 6) is 0. The van der Waals surface area contributed by atoms with Crippen molar-refractivity contribution < 1.29 is 20.4 Å². The number of fused-ring (bicyclic) bond motifs is 2. The maximum Gasteiger partial charge on any atom is -0.147 e. The molecule has 2 atom stereocenters. The minimum atomic E-state index is -1.93. The monoisotopic (exact) mass is 602 g/mol. The first-order valence-electron chi connectivity index (χ1n) is 12.1. The molecule has 6 rings (SSSR count). The van der Waals surface area contributed by atoms with Gasteiger partial charge in [0.25, 0.3) is 0 Å². The van der Waals surface area contributed by atoms with Crippen molar-refractivity contribution >= 4 is 42.4 Å². The third-order valence-corrected chi connectivity index (χ3v) is 26.4. The van der Waals surface area contributed by atoms with Crippen molar-refractivity contribution in [2.75, 3.05) is 0 Å². The average Bonchev–Trinajstić information content (AvgIpc) is 3.50. The van der Waals surface area contributed by atoms with Crippen LogP contribution in [0.1, 0.15) is 29.5 Å². The van der Waals surface area contributed by atoms with Crippen molar-refractivity contribution in [2.45, 2.75) is 20.3 Å². The zero-order valence-corrected chi connectivity index (χ0v) is 25.6. The van der Waals surface area contributed by atoms with E-state index in [1.165, 1.54) is 33.4 Å². The predicted octanol–water partition coefficient (Wildman–Crippen LogP) is 9.57. The summed E-state index contributed by atoms with van der Waals surface area (Å²) in [5.41, 5.74) is 11.1. The Kier molecular flexibility index (Phi) is 8.74. The van der Waals surface area contributed by atoms with Crippen LogP contribution in [0.15, 0.2) is 109 Å². The van der Waals surface area contributed by atoms with Gasteiger partial charge in [-0.05, 0) is 0 Å². The van der Waals surface area contributed by atoms with Crippen LogP contribution in [0.5, 0.6) is 0 Å². The quantitative estimate of drug-likeness (QED) is 0.204. The van der Waals surface area contributed by atoms with Gasteiger partial charge in [-0.25, -0.2) is 0 Å². The van der Waals surface area contributed by atoms with E-state index in [-0.39, 0.29) is 30.2 Å². The Morgan fingerprint density at radius 1 is 0.528 bits per heavy atom. The van der Waals surface area contributed by atoms with Crippen molar-refractivity contribution in [2.24, 2.45) is 0 Å². The van der Waals surface area contributed by atoms with Crippen LogP contribution in [0.25, 0.3) is 34.4 Å². The van der Waals surface area contributed by atoms with E-state index in [4.69, 9.17) is 0 Å². The maximum atomic E-state index is 2.58. The molecule has 4 aromatic rings. The molecule has 0 nitrogen and oxygen atoms in total. The molecule has 0 saturated heterocycles. The van der Waals surface area contributed by atoms with Crippen LogP contribution < -0.4 is 0 Å². The molecule has 2 aliphatic carbocycles. The fraction of sp³-hybridized carbons (Fsp3) is 0.125. The van der Waals surface area contributed by atoms with Crippen molar-refractivity contribution in [1.29, 1.82) is 0 Å². The molecule has 0 aliphatic heterocycles. The average molecular weight is 605 g/mol. The standard InChI is InChI=1S/2C15H11.C2H6Si.2ClH.Zr/c2*1-2-6-12(7-3-1)14-10-4-8-13-9-5-11-15(13)14;1-3-2;;;/h2*1-11H;1-2H3;2*1H;. The molecule has 0 saturated carbocycles. The smallest absolute Gasteiger partial charge is 0.147 e. The molecular weight excluding hydrogens is 575 g/mol. The van der Waals surface area contributed by atoms with Gasteiger partial charge in [-0.2, -0.15) is 0 Å². The molecule has 0 N–H and O–H groups in total. The van der Waals surface area contributed by atoms with Crippen LogP contribution in [-0.4, -0.2) is 5.43 Å². The first-order chi connectivity index (χ1) is 16.7. The van der Waals surface area contributed by atoms with Crippen LogP contribution >= 0.6 is 24.8 Å². The van der Waals surface area contributed by atoms with Crippen LogP contribution in [-0.2, 0) is 20.4 Å². The van der Waals surface area contributed by atoms with E-state index < -0.39 is 20.4 Å². The van der Waals surface area contributed by atoms with Gasteiger partial charge in [0.15, 0.2) is 0 Å². The summed E-state index contributed by atoms with van der Waals surface area (Å²) in [6, 6.07) is 35.8. The van der Waals surface area contributed by atoms with Gasteiger partial charge >= 0.3 is 212 Å². The Morgan fingerprint density at radius 2 is 0.944 bits per heavy atom. The molecule has 0 amide bonds. The molecule has 0 bridgehead atoms. The third-order valence-electron chi connectivity index (χ3n) is 7.28. The van der Waals surface area contributed by atoms with Crippen LogP contribution in [0.3, 0.4) is 0 Å². The first kappa shape index (κ1) is 27.1. The van der Waals surface area contributed by atoms with E-state index in [0.29, 0.717) is 7.25 Å². The molecule has 0 radical (unpaired) electrons. The van der Waals surface area contributed by atoms with Gasteiger partial charge in [0.2, 0.25) is 0 Å². The fourth-order valence-electron chi connectivity index (χ4n) is 5.77. The summed E-state index contributed by atoms with van der Waals surface area (Å²) in [4.78, 5) is 0. The molecule has 2 unspecified atom stereocenters. The summed E-state index contributed by atoms with van der Waals surface area (Å²) in [7, 11) is 0. The summed E-state index contributed by atoms with van der Waals surface area (Å²) in [5, 5.41) is 0. The Balaban J connectivity index is 0.00000152. The van der Waals surface area contributed by atoms with Gasteiger partial charge in [0.1, 0.15) is 0 Å². The second-order valence-corrected chi connectivity index (χ2v) is 27.6. The second kappa shape index (κ2) is 11.6. The van der Waals surface area contributed by atoms with E-state index in [1.54, 1.807) is 11.1 Å². The molecule has 4 heteroatoms. The molecule has 4 aromatic carbocycles. The number of allylic oxidation sites excluding steroid dienone is 2. The Hall–Kier alpha value is -1.96. The normalized spacial score (nSPS) is 16.5. The van der Waals surface area contributed by atoms with E-state index in [1.807, 2.05) is 0 Å². The second-order valence-electron chi connectivity index (χ2n) is 9.48. The van der Waals surface area contributed by atoms with Gasteiger partial charge < -0.3 is 0 Å². The molecule has 0 heterocycles. The first-order valence-corrected chi connectivity index (χ1v) is 21.2. The summed E-state index contributed by atoms with van der Waals surface area (Å²) >= 11 is -1.93. The SMILES string of the molecule is C[Si](C)=[Zr]([CH]1C=Cc2c(-c3ccccc3)cccc21)[CH]1C=Cc2c(-c3ccccc3)cccc21.Cl.Cl. The topological polar surface area (TPSA) is 0 Å². The van der Waals surface area contributed by atoms with E-state index in [9.17, 15) is 0 Å². The Morgan fingerprint density at radius 3 is 1.33 bits per heavy atom. The number of rotatable bonds is 4. The molecule has 2 aliphatic rings. The zero-order chi connectivity index (χ0) is 23.1. The molecule has 0 spiro atoms. The van der Waals surface area contributed by atoms with Crippen LogP contribution in [0, 0.1) is 0 Å². The third kappa shape index (κ3) is 4.82. The van der Waals surface area contributed by atoms with Gasteiger partial charge in [0, 0.05) is 0 Å². The summed E-state index contributed by atoms with van der Waals surface area (Å²) < 4.78 is 1.32. The van der Waals surface area contributed by atoms with Crippen molar-refractivity contribution in [3.05, 3.63) is 131 Å². The van der Waals surface area contributed by atoms with E-state index in [0.717, 1.165) is 0 Å². The van der Waals surface area contributed by atoms with E-state index in [2.05, 4.69) is 134 Å². The Labute approximate surface area is 235 Å². The van der Waals surface area contributed by atoms with E-state index >= 15 is 0 Å². The van der Waals surface area contributed by atoms with Gasteiger partial charge in [-0.3, -0.25) is 0 Å². The van der Waals surface area contributed by atoms with Gasteiger partial charge in [-0.1, -0.05) is 0 Å². The molecule has 180 valence electrons.